The van der Waals surface area contributed by atoms with E-state index >= 15 is 0 Å². The van der Waals surface area contributed by atoms with Crippen LogP contribution in [-0.4, -0.2) is 10.9 Å². The second-order valence-electron chi connectivity index (χ2n) is 5.15. The Labute approximate surface area is 145 Å². The molecule has 0 aliphatic rings. The second-order valence-corrected chi connectivity index (χ2v) is 5.59. The van der Waals surface area contributed by atoms with Crippen molar-refractivity contribution >= 4 is 17.5 Å². The summed E-state index contributed by atoms with van der Waals surface area (Å²) in [6.07, 6.45) is -2.16. The lowest BCUT2D eigenvalue weighted by atomic mass is 9.92. The van der Waals surface area contributed by atoms with E-state index in [0.717, 1.165) is 6.07 Å². The predicted octanol–water partition coefficient (Wildman–Crippen LogP) is 4.78. The molecule has 1 heterocycles. The second kappa shape index (κ2) is 6.25. The fourth-order valence-corrected chi connectivity index (χ4v) is 2.61. The summed E-state index contributed by atoms with van der Waals surface area (Å²) in [7, 11) is 0. The minimum atomic E-state index is -4.78. The van der Waals surface area contributed by atoms with Crippen LogP contribution in [0.4, 0.5) is 13.2 Å². The SMILES string of the molecule is NC(=O)c1cc(-c2ncco2)cc(-c2ccc(Cl)cc2)c1C(F)(F)F. The lowest BCUT2D eigenvalue weighted by Crippen LogP contribution is -2.20. The number of primary amides is 1. The highest BCUT2D eigenvalue weighted by atomic mass is 35.5. The molecule has 0 aliphatic carbocycles. The topological polar surface area (TPSA) is 69.1 Å². The molecule has 1 aromatic heterocycles. The molecule has 0 aliphatic heterocycles. The third kappa shape index (κ3) is 3.36. The maximum Gasteiger partial charge on any atom is 0.417 e. The zero-order valence-electron chi connectivity index (χ0n) is 12.5. The molecule has 0 bridgehead atoms. The number of hydrogen-bond donors (Lipinski definition) is 1. The van der Waals surface area contributed by atoms with Gasteiger partial charge in [0.2, 0.25) is 11.8 Å². The minimum Gasteiger partial charge on any atom is -0.445 e. The van der Waals surface area contributed by atoms with Crippen molar-refractivity contribution in [2.24, 2.45) is 5.73 Å². The zero-order chi connectivity index (χ0) is 18.2. The zero-order valence-corrected chi connectivity index (χ0v) is 13.2. The number of hydrogen-bond acceptors (Lipinski definition) is 3. The number of halogens is 4. The summed E-state index contributed by atoms with van der Waals surface area (Å²) < 4.78 is 46.0. The number of nitrogens with two attached hydrogens (primary N) is 1. The number of nitrogens with zero attached hydrogens (tertiary/aromatic N) is 1. The molecule has 2 aromatic carbocycles. The van der Waals surface area contributed by atoms with Gasteiger partial charge >= 0.3 is 6.18 Å². The van der Waals surface area contributed by atoms with Crippen LogP contribution in [0.1, 0.15) is 15.9 Å². The van der Waals surface area contributed by atoms with Gasteiger partial charge in [0.1, 0.15) is 6.26 Å². The smallest absolute Gasteiger partial charge is 0.417 e. The normalized spacial score (nSPS) is 11.5. The molecule has 2 N–H and O–H groups in total. The van der Waals surface area contributed by atoms with E-state index in [9.17, 15) is 18.0 Å². The van der Waals surface area contributed by atoms with Gasteiger partial charge in [-0.25, -0.2) is 4.98 Å². The molecule has 1 amide bonds. The van der Waals surface area contributed by atoms with Crippen LogP contribution in [0, 0.1) is 0 Å². The van der Waals surface area contributed by atoms with E-state index in [0.29, 0.717) is 5.02 Å². The van der Waals surface area contributed by atoms with Gasteiger partial charge in [-0.3, -0.25) is 4.79 Å². The molecule has 128 valence electrons. The number of amides is 1. The summed E-state index contributed by atoms with van der Waals surface area (Å²) in [5, 5.41) is 0.372. The molecule has 0 saturated carbocycles. The van der Waals surface area contributed by atoms with Gasteiger partial charge in [-0.1, -0.05) is 23.7 Å². The molecule has 0 spiro atoms. The third-order valence-corrected chi connectivity index (χ3v) is 3.77. The number of aromatic nitrogens is 1. The molecule has 3 rings (SSSR count). The maximum absolute atomic E-state index is 13.6. The Morgan fingerprint density at radius 3 is 2.32 bits per heavy atom. The van der Waals surface area contributed by atoms with E-state index in [1.165, 1.54) is 42.8 Å². The van der Waals surface area contributed by atoms with E-state index in [1.54, 1.807) is 0 Å². The summed E-state index contributed by atoms with van der Waals surface area (Å²) in [4.78, 5) is 15.6. The number of rotatable bonds is 3. The average molecular weight is 367 g/mol. The summed E-state index contributed by atoms with van der Waals surface area (Å²) in [5.74, 6) is -1.12. The Morgan fingerprint density at radius 1 is 1.12 bits per heavy atom. The van der Waals surface area contributed by atoms with Gasteiger partial charge in [-0.2, -0.15) is 13.2 Å². The molecular formula is C17H10ClF3N2O2. The van der Waals surface area contributed by atoms with Gasteiger partial charge in [-0.05, 0) is 35.4 Å². The highest BCUT2D eigenvalue weighted by Crippen LogP contribution is 2.41. The van der Waals surface area contributed by atoms with Crippen LogP contribution in [0.25, 0.3) is 22.6 Å². The highest BCUT2D eigenvalue weighted by molar-refractivity contribution is 6.30. The van der Waals surface area contributed by atoms with Crippen LogP contribution in [0.3, 0.4) is 0 Å². The molecule has 3 aromatic rings. The monoisotopic (exact) mass is 366 g/mol. The largest absolute Gasteiger partial charge is 0.445 e. The first-order chi connectivity index (χ1) is 11.8. The van der Waals surface area contributed by atoms with Gasteiger partial charge in [0.25, 0.3) is 0 Å². The van der Waals surface area contributed by atoms with E-state index < -0.39 is 23.2 Å². The number of oxazole rings is 1. The molecule has 0 radical (unpaired) electrons. The van der Waals surface area contributed by atoms with Crippen molar-refractivity contribution in [2.45, 2.75) is 6.18 Å². The minimum absolute atomic E-state index is 0.0754. The van der Waals surface area contributed by atoms with E-state index in [1.807, 2.05) is 0 Å². The molecule has 0 unspecified atom stereocenters. The number of carbonyl (C=O) groups excluding carboxylic acids is 1. The van der Waals surface area contributed by atoms with E-state index in [4.69, 9.17) is 21.8 Å². The fourth-order valence-electron chi connectivity index (χ4n) is 2.49. The molecular weight excluding hydrogens is 357 g/mol. The van der Waals surface area contributed by atoms with Gasteiger partial charge in [0, 0.05) is 10.6 Å². The molecule has 8 heteroatoms. The summed E-state index contributed by atoms with van der Waals surface area (Å²) in [5.41, 5.74) is 3.64. The van der Waals surface area contributed by atoms with Crippen LogP contribution < -0.4 is 5.73 Å². The number of alkyl halides is 3. The van der Waals surface area contributed by atoms with Crippen LogP contribution in [0.5, 0.6) is 0 Å². The molecule has 0 atom stereocenters. The Kier molecular flexibility index (Phi) is 4.26. The van der Waals surface area contributed by atoms with Crippen molar-refractivity contribution in [1.82, 2.24) is 4.98 Å². The van der Waals surface area contributed by atoms with Crippen LogP contribution in [0.15, 0.2) is 53.3 Å². The number of benzene rings is 2. The van der Waals surface area contributed by atoms with Crippen molar-refractivity contribution in [3.63, 3.8) is 0 Å². The van der Waals surface area contributed by atoms with E-state index in [2.05, 4.69) is 4.98 Å². The first-order valence-electron chi connectivity index (χ1n) is 6.98. The quantitative estimate of drug-likeness (QED) is 0.725. The highest BCUT2D eigenvalue weighted by Gasteiger charge is 2.38. The van der Waals surface area contributed by atoms with Crippen molar-refractivity contribution in [3.05, 3.63) is 65.0 Å². The first kappa shape index (κ1) is 17.0. The fraction of sp³-hybridized carbons (Fsp3) is 0.0588. The lowest BCUT2D eigenvalue weighted by molar-refractivity contribution is -0.137. The third-order valence-electron chi connectivity index (χ3n) is 3.52. The van der Waals surface area contributed by atoms with Crippen LogP contribution in [0.2, 0.25) is 5.02 Å². The summed E-state index contributed by atoms with van der Waals surface area (Å²) in [6.45, 7) is 0. The van der Waals surface area contributed by atoms with Gasteiger partial charge in [-0.15, -0.1) is 0 Å². The average Bonchev–Trinajstić information content (AvgIpc) is 3.08. The Hall–Kier alpha value is -2.80. The Balaban J connectivity index is 2.36. The van der Waals surface area contributed by atoms with Crippen molar-refractivity contribution in [1.29, 1.82) is 0 Å². The predicted molar refractivity (Wildman–Crippen MR) is 85.9 cm³/mol. The Morgan fingerprint density at radius 2 is 1.80 bits per heavy atom. The standard InChI is InChI=1S/C17H10ClF3N2O2/c18-11-3-1-9(2-4-11)12-7-10(16-23-5-6-25-16)8-13(15(22)24)14(12)17(19,20)21/h1-8H,(H2,22,24). The molecule has 4 nitrogen and oxygen atoms in total. The molecule has 25 heavy (non-hydrogen) atoms. The van der Waals surface area contributed by atoms with Crippen LogP contribution >= 0.6 is 11.6 Å². The van der Waals surface area contributed by atoms with Crippen LogP contribution in [-0.2, 0) is 6.18 Å². The number of carbonyl (C=O) groups is 1. The summed E-state index contributed by atoms with van der Waals surface area (Å²) in [6, 6.07) is 8.05. The Bertz CT molecular complexity index is 920. The van der Waals surface area contributed by atoms with Crippen molar-refractivity contribution in [3.8, 4) is 22.6 Å². The van der Waals surface area contributed by atoms with Gasteiger partial charge in [0.05, 0.1) is 17.3 Å². The van der Waals surface area contributed by atoms with Gasteiger partial charge < -0.3 is 10.2 Å². The van der Waals surface area contributed by atoms with E-state index in [-0.39, 0.29) is 22.6 Å². The molecule has 0 fully saturated rings. The first-order valence-corrected chi connectivity index (χ1v) is 7.36. The maximum atomic E-state index is 13.6. The van der Waals surface area contributed by atoms with Gasteiger partial charge in [0.15, 0.2) is 0 Å². The molecule has 0 saturated heterocycles. The lowest BCUT2D eigenvalue weighted by Gasteiger charge is -2.17. The summed E-state index contributed by atoms with van der Waals surface area (Å²) >= 11 is 5.80. The van der Waals surface area contributed by atoms with Crippen molar-refractivity contribution in [2.75, 3.05) is 0 Å². The van der Waals surface area contributed by atoms with Crippen molar-refractivity contribution < 1.29 is 22.4 Å².